The van der Waals surface area contributed by atoms with Crippen molar-refractivity contribution in [3.63, 3.8) is 0 Å². The maximum Gasteiger partial charge on any atom is 0.422 e. The molecular weight excluding hydrogens is 375 g/mol. The average molecular weight is 386 g/mol. The number of nitrogens with zero attached hydrogens (tertiary/aromatic N) is 2. The number of aromatic nitrogens is 1. The summed E-state index contributed by atoms with van der Waals surface area (Å²) in [5, 5.41) is 2.41. The summed E-state index contributed by atoms with van der Waals surface area (Å²) < 4.78 is 41.1. The number of anilines is 2. The quantitative estimate of drug-likeness (QED) is 0.880. The molecule has 0 unspecified atom stereocenters. The number of ether oxygens (including phenoxy) is 1. The molecule has 136 valence electrons. The van der Waals surface area contributed by atoms with Gasteiger partial charge >= 0.3 is 6.18 Å². The summed E-state index contributed by atoms with van der Waals surface area (Å²) in [7, 11) is 0. The molecule has 0 spiro atoms. The van der Waals surface area contributed by atoms with E-state index in [2.05, 4.69) is 15.0 Å². The summed E-state index contributed by atoms with van der Waals surface area (Å²) in [4.78, 5) is 29.4. The van der Waals surface area contributed by atoms with Crippen molar-refractivity contribution in [1.29, 1.82) is 0 Å². The minimum atomic E-state index is -4.54. The van der Waals surface area contributed by atoms with Crippen molar-refractivity contribution in [3.05, 3.63) is 47.1 Å². The van der Waals surface area contributed by atoms with Gasteiger partial charge in [0.1, 0.15) is 11.6 Å². The molecule has 0 fully saturated rings. The molecule has 1 aromatic heterocycles. The number of fused-ring (bicyclic) bond motifs is 1. The highest BCUT2D eigenvalue weighted by atomic mass is 35.5. The van der Waals surface area contributed by atoms with Gasteiger partial charge < -0.3 is 10.1 Å². The van der Waals surface area contributed by atoms with Gasteiger partial charge in [0.05, 0.1) is 16.9 Å². The molecule has 0 bridgehead atoms. The molecule has 0 saturated carbocycles. The predicted octanol–water partition coefficient (Wildman–Crippen LogP) is 3.28. The molecule has 2 amide bonds. The maximum atomic E-state index is 12.7. The van der Waals surface area contributed by atoms with Gasteiger partial charge in [-0.2, -0.15) is 13.2 Å². The Morgan fingerprint density at radius 2 is 2.08 bits per heavy atom. The van der Waals surface area contributed by atoms with E-state index in [4.69, 9.17) is 11.6 Å². The molecule has 0 saturated heterocycles. The van der Waals surface area contributed by atoms with Crippen molar-refractivity contribution in [3.8, 4) is 5.88 Å². The first-order chi connectivity index (χ1) is 12.2. The molecule has 2 aromatic rings. The van der Waals surface area contributed by atoms with Crippen LogP contribution < -0.4 is 15.0 Å². The van der Waals surface area contributed by atoms with E-state index in [9.17, 15) is 22.8 Å². The summed E-state index contributed by atoms with van der Waals surface area (Å²) in [6, 6.07) is 7.86. The zero-order chi connectivity index (χ0) is 18.9. The lowest BCUT2D eigenvalue weighted by Crippen LogP contribution is -2.42. The van der Waals surface area contributed by atoms with Crippen molar-refractivity contribution in [2.45, 2.75) is 6.18 Å². The molecule has 10 heteroatoms. The Kier molecular flexibility index (Phi) is 4.73. The zero-order valence-electron chi connectivity index (χ0n) is 13.0. The molecule has 1 N–H and O–H groups in total. The summed E-state index contributed by atoms with van der Waals surface area (Å²) in [5.74, 6) is -1.37. The molecule has 26 heavy (non-hydrogen) atoms. The Morgan fingerprint density at radius 1 is 1.35 bits per heavy atom. The second kappa shape index (κ2) is 6.83. The SMILES string of the molecule is O=C1CN(C(=O)c2cnc(OCC(F)(F)F)c(Cl)c2)c2ccccc2N1. The highest BCUT2D eigenvalue weighted by Crippen LogP contribution is 2.31. The van der Waals surface area contributed by atoms with Crippen LogP contribution in [0, 0.1) is 0 Å². The molecule has 6 nitrogen and oxygen atoms in total. The Morgan fingerprint density at radius 3 is 2.77 bits per heavy atom. The molecule has 0 radical (unpaired) electrons. The highest BCUT2D eigenvalue weighted by molar-refractivity contribution is 6.32. The van der Waals surface area contributed by atoms with Crippen molar-refractivity contribution in [2.24, 2.45) is 0 Å². The van der Waals surface area contributed by atoms with Gasteiger partial charge in [-0.25, -0.2) is 4.98 Å². The van der Waals surface area contributed by atoms with Gasteiger partial charge in [-0.15, -0.1) is 0 Å². The third-order valence-corrected chi connectivity index (χ3v) is 3.71. The first kappa shape index (κ1) is 18.0. The largest absolute Gasteiger partial charge is 0.467 e. The number of nitrogens with one attached hydrogen (secondary N) is 1. The lowest BCUT2D eigenvalue weighted by atomic mass is 10.1. The van der Waals surface area contributed by atoms with Crippen LogP contribution in [0.15, 0.2) is 36.5 Å². The Bertz CT molecular complexity index is 873. The fourth-order valence-electron chi connectivity index (χ4n) is 2.37. The lowest BCUT2D eigenvalue weighted by molar-refractivity contribution is -0.154. The summed E-state index contributed by atoms with van der Waals surface area (Å²) in [6.45, 7) is -1.76. The second-order valence-electron chi connectivity index (χ2n) is 5.37. The third-order valence-electron chi connectivity index (χ3n) is 3.44. The van der Waals surface area contributed by atoms with Crippen molar-refractivity contribution < 1.29 is 27.5 Å². The van der Waals surface area contributed by atoms with Crippen LogP contribution in [0.4, 0.5) is 24.5 Å². The van der Waals surface area contributed by atoms with Gasteiger partial charge in [0, 0.05) is 6.20 Å². The van der Waals surface area contributed by atoms with Gasteiger partial charge in [0.15, 0.2) is 6.61 Å². The summed E-state index contributed by atoms with van der Waals surface area (Å²) in [5.41, 5.74) is 0.978. The number of halogens is 4. The van der Waals surface area contributed by atoms with E-state index in [1.807, 2.05) is 0 Å². The number of hydrogen-bond acceptors (Lipinski definition) is 4. The van der Waals surface area contributed by atoms with Crippen molar-refractivity contribution in [1.82, 2.24) is 4.98 Å². The Hall–Kier alpha value is -2.81. The zero-order valence-corrected chi connectivity index (χ0v) is 13.8. The number of carbonyl (C=O) groups excluding carboxylic acids is 2. The number of amides is 2. The Balaban J connectivity index is 1.85. The molecule has 1 aromatic carbocycles. The van der Waals surface area contributed by atoms with Gasteiger partial charge in [0.2, 0.25) is 11.8 Å². The number of carbonyl (C=O) groups is 2. The van der Waals surface area contributed by atoms with E-state index in [-0.39, 0.29) is 23.0 Å². The standard InChI is InChI=1S/C16H11ClF3N3O3/c17-10-5-9(6-21-14(10)26-8-16(18,19)20)15(25)23-7-13(24)22-11-3-1-2-4-12(11)23/h1-6H,7-8H2,(H,22,24). The minimum Gasteiger partial charge on any atom is -0.467 e. The summed E-state index contributed by atoms with van der Waals surface area (Å²) in [6.07, 6.45) is -3.49. The van der Waals surface area contributed by atoms with Crippen molar-refractivity contribution in [2.75, 3.05) is 23.4 Å². The van der Waals surface area contributed by atoms with Crippen LogP contribution in [0.2, 0.25) is 5.02 Å². The average Bonchev–Trinajstić information content (AvgIpc) is 2.58. The van der Waals surface area contributed by atoms with E-state index < -0.39 is 24.6 Å². The van der Waals surface area contributed by atoms with Gasteiger partial charge in [0.25, 0.3) is 5.91 Å². The number of alkyl halides is 3. The number of pyridine rings is 1. The van der Waals surface area contributed by atoms with E-state index in [0.29, 0.717) is 11.4 Å². The third kappa shape index (κ3) is 3.88. The van der Waals surface area contributed by atoms with Crippen LogP contribution in [0.25, 0.3) is 0 Å². The van der Waals surface area contributed by atoms with Gasteiger partial charge in [-0.1, -0.05) is 23.7 Å². The number of benzene rings is 1. The van der Waals surface area contributed by atoms with E-state index in [1.165, 1.54) is 4.90 Å². The fraction of sp³-hybridized carbons (Fsp3) is 0.188. The van der Waals surface area contributed by atoms with Crippen LogP contribution in [0.1, 0.15) is 10.4 Å². The molecule has 1 aliphatic heterocycles. The number of hydrogen-bond donors (Lipinski definition) is 1. The first-order valence-electron chi connectivity index (χ1n) is 7.30. The van der Waals surface area contributed by atoms with Gasteiger partial charge in [-0.3, -0.25) is 14.5 Å². The second-order valence-corrected chi connectivity index (χ2v) is 5.78. The topological polar surface area (TPSA) is 71.5 Å². The van der Waals surface area contributed by atoms with Crippen LogP contribution in [-0.2, 0) is 4.79 Å². The monoisotopic (exact) mass is 385 g/mol. The van der Waals surface area contributed by atoms with Crippen LogP contribution in [0.5, 0.6) is 5.88 Å². The molecule has 0 atom stereocenters. The number of para-hydroxylation sites is 2. The van der Waals surface area contributed by atoms with E-state index >= 15 is 0 Å². The molecule has 1 aliphatic rings. The number of rotatable bonds is 3. The summed E-state index contributed by atoms with van der Waals surface area (Å²) >= 11 is 5.87. The first-order valence-corrected chi connectivity index (χ1v) is 7.68. The smallest absolute Gasteiger partial charge is 0.422 e. The maximum absolute atomic E-state index is 12.7. The molecule has 3 rings (SSSR count). The predicted molar refractivity (Wildman–Crippen MR) is 87.5 cm³/mol. The lowest BCUT2D eigenvalue weighted by Gasteiger charge is -2.29. The van der Waals surface area contributed by atoms with Crippen LogP contribution in [0.3, 0.4) is 0 Å². The molecule has 2 heterocycles. The van der Waals surface area contributed by atoms with E-state index in [1.54, 1.807) is 24.3 Å². The fourth-order valence-corrected chi connectivity index (χ4v) is 2.59. The van der Waals surface area contributed by atoms with Crippen molar-refractivity contribution >= 4 is 34.8 Å². The molecule has 0 aliphatic carbocycles. The minimum absolute atomic E-state index is 0.0128. The van der Waals surface area contributed by atoms with Crippen LogP contribution >= 0.6 is 11.6 Å². The van der Waals surface area contributed by atoms with Gasteiger partial charge in [-0.05, 0) is 18.2 Å². The highest BCUT2D eigenvalue weighted by Gasteiger charge is 2.30. The Labute approximate surface area is 150 Å². The van der Waals surface area contributed by atoms with Crippen LogP contribution in [-0.4, -0.2) is 36.1 Å². The van der Waals surface area contributed by atoms with E-state index in [0.717, 1.165) is 12.3 Å². The molecular formula is C16H11ClF3N3O3. The normalized spacial score (nSPS) is 13.8.